The average Bonchev–Trinajstić information content (AvgIpc) is 2.82. The number of carboxylic acid groups (broad SMARTS) is 1. The van der Waals surface area contributed by atoms with E-state index in [1.807, 2.05) is 54.6 Å². The number of aromatic nitrogens is 1. The third-order valence-electron chi connectivity index (χ3n) is 5.27. The molecule has 0 bridgehead atoms. The zero-order valence-electron chi connectivity index (χ0n) is 19.0. The van der Waals surface area contributed by atoms with Gasteiger partial charge in [-0.3, -0.25) is 9.59 Å². The molecule has 172 valence electrons. The first kappa shape index (κ1) is 24.0. The molecule has 0 saturated carbocycles. The number of aliphatic carboxylic acids is 1. The summed E-state index contributed by atoms with van der Waals surface area (Å²) in [7, 11) is 0. The smallest absolute Gasteiger partial charge is 0.303 e. The molecule has 0 radical (unpaired) electrons. The van der Waals surface area contributed by atoms with Gasteiger partial charge in [0.2, 0.25) is 5.88 Å². The van der Waals surface area contributed by atoms with Crippen LogP contribution in [0.5, 0.6) is 5.88 Å². The zero-order valence-corrected chi connectivity index (χ0v) is 19.0. The molecule has 33 heavy (non-hydrogen) atoms. The van der Waals surface area contributed by atoms with Gasteiger partial charge in [0.05, 0.1) is 6.04 Å². The number of benzene rings is 2. The lowest BCUT2D eigenvalue weighted by molar-refractivity contribution is -0.136. The maximum Gasteiger partial charge on any atom is 0.303 e. The van der Waals surface area contributed by atoms with E-state index >= 15 is 0 Å². The number of nitrogens with one attached hydrogen (secondary N) is 1. The summed E-state index contributed by atoms with van der Waals surface area (Å²) in [6.45, 7) is 4.50. The van der Waals surface area contributed by atoms with Gasteiger partial charge in [0.1, 0.15) is 6.61 Å². The number of ether oxygens (including phenoxy) is 1. The maximum absolute atomic E-state index is 13.4. The van der Waals surface area contributed by atoms with Gasteiger partial charge < -0.3 is 15.2 Å². The molecule has 6 nitrogen and oxygen atoms in total. The van der Waals surface area contributed by atoms with E-state index in [1.54, 1.807) is 18.3 Å². The van der Waals surface area contributed by atoms with Crippen LogP contribution in [0.4, 0.5) is 0 Å². The normalized spacial score (nSPS) is 11.7. The van der Waals surface area contributed by atoms with Gasteiger partial charge in [0.15, 0.2) is 0 Å². The van der Waals surface area contributed by atoms with Crippen LogP contribution in [0.2, 0.25) is 0 Å². The molecule has 1 unspecified atom stereocenters. The summed E-state index contributed by atoms with van der Waals surface area (Å²) in [6, 6.07) is 20.6. The van der Waals surface area contributed by atoms with E-state index < -0.39 is 5.97 Å². The standard InChI is InChI=1S/C27H30N2O4/c1-19(2)16-24(22-8-4-3-5-9-22)29-27(32)23-17-20(11-12-21(23)13-14-26(30)31)18-33-25-10-6-7-15-28-25/h3-12,15,17,19,24H,13-14,16,18H2,1-2H3,(H,29,32)(H,30,31). The van der Waals surface area contributed by atoms with Gasteiger partial charge in [0.25, 0.3) is 5.91 Å². The minimum absolute atomic E-state index is 0.0435. The van der Waals surface area contributed by atoms with Crippen molar-refractivity contribution in [2.24, 2.45) is 5.92 Å². The van der Waals surface area contributed by atoms with Gasteiger partial charge >= 0.3 is 5.97 Å². The summed E-state index contributed by atoms with van der Waals surface area (Å²) in [5.41, 5.74) is 3.03. The second kappa shape index (κ2) is 11.8. The van der Waals surface area contributed by atoms with Crippen LogP contribution in [0.3, 0.4) is 0 Å². The molecule has 1 amide bonds. The van der Waals surface area contributed by atoms with E-state index in [0.717, 1.165) is 17.5 Å². The molecule has 1 aromatic heterocycles. The number of carbonyl (C=O) groups excluding carboxylic acids is 1. The second-order valence-electron chi connectivity index (χ2n) is 8.41. The Balaban J connectivity index is 1.84. The van der Waals surface area contributed by atoms with E-state index in [9.17, 15) is 9.59 Å². The Bertz CT molecular complexity index is 1050. The number of hydrogen-bond acceptors (Lipinski definition) is 4. The number of hydrogen-bond donors (Lipinski definition) is 2. The van der Waals surface area contributed by atoms with Crippen molar-refractivity contribution in [1.29, 1.82) is 0 Å². The first-order chi connectivity index (χ1) is 15.9. The van der Waals surface area contributed by atoms with Crippen molar-refractivity contribution in [3.8, 4) is 5.88 Å². The lowest BCUT2D eigenvalue weighted by Gasteiger charge is -2.22. The fraction of sp³-hybridized carbons (Fsp3) is 0.296. The fourth-order valence-electron chi connectivity index (χ4n) is 3.65. The molecule has 0 aliphatic rings. The molecule has 0 spiro atoms. The fourth-order valence-corrected chi connectivity index (χ4v) is 3.65. The molecule has 3 rings (SSSR count). The summed E-state index contributed by atoms with van der Waals surface area (Å²) in [6.07, 6.45) is 2.68. The molecule has 6 heteroatoms. The zero-order chi connectivity index (χ0) is 23.6. The van der Waals surface area contributed by atoms with E-state index in [4.69, 9.17) is 9.84 Å². The number of aryl methyl sites for hydroxylation is 1. The van der Waals surface area contributed by atoms with Gasteiger partial charge in [-0.2, -0.15) is 0 Å². The summed E-state index contributed by atoms with van der Waals surface area (Å²) in [4.78, 5) is 28.7. The average molecular weight is 447 g/mol. The Morgan fingerprint density at radius 1 is 1.03 bits per heavy atom. The topological polar surface area (TPSA) is 88.5 Å². The second-order valence-corrected chi connectivity index (χ2v) is 8.41. The van der Waals surface area contributed by atoms with Crippen LogP contribution in [0.25, 0.3) is 0 Å². The number of amides is 1. The van der Waals surface area contributed by atoms with E-state index in [2.05, 4.69) is 24.1 Å². The van der Waals surface area contributed by atoms with Crippen LogP contribution in [0.1, 0.15) is 59.8 Å². The number of pyridine rings is 1. The molecule has 0 aliphatic heterocycles. The molecule has 2 N–H and O–H groups in total. The van der Waals surface area contributed by atoms with Gasteiger partial charge in [-0.1, -0.05) is 62.4 Å². The van der Waals surface area contributed by atoms with Crippen molar-refractivity contribution in [3.63, 3.8) is 0 Å². The molecular formula is C27H30N2O4. The SMILES string of the molecule is CC(C)CC(NC(=O)c1cc(COc2ccccn2)ccc1CCC(=O)O)c1ccccc1. The third-order valence-corrected chi connectivity index (χ3v) is 5.27. The highest BCUT2D eigenvalue weighted by molar-refractivity contribution is 5.96. The van der Waals surface area contributed by atoms with Crippen molar-refractivity contribution in [1.82, 2.24) is 10.3 Å². The first-order valence-electron chi connectivity index (χ1n) is 11.2. The highest BCUT2D eigenvalue weighted by Gasteiger charge is 2.20. The van der Waals surface area contributed by atoms with Crippen LogP contribution in [-0.4, -0.2) is 22.0 Å². The number of carbonyl (C=O) groups is 2. The summed E-state index contributed by atoms with van der Waals surface area (Å²) >= 11 is 0. The minimum Gasteiger partial charge on any atom is -0.481 e. The molecule has 0 saturated heterocycles. The third kappa shape index (κ3) is 7.45. The van der Waals surface area contributed by atoms with Crippen LogP contribution >= 0.6 is 0 Å². The summed E-state index contributed by atoms with van der Waals surface area (Å²) in [5.74, 6) is -0.227. The molecule has 1 heterocycles. The number of nitrogens with zero attached hydrogens (tertiary/aromatic N) is 1. The first-order valence-corrected chi connectivity index (χ1v) is 11.2. The van der Waals surface area contributed by atoms with Crippen molar-refractivity contribution < 1.29 is 19.4 Å². The quantitative estimate of drug-likeness (QED) is 0.423. The Kier molecular flexibility index (Phi) is 8.58. The van der Waals surface area contributed by atoms with Crippen molar-refractivity contribution in [3.05, 3.63) is 95.2 Å². The van der Waals surface area contributed by atoms with E-state index in [0.29, 0.717) is 22.9 Å². The maximum atomic E-state index is 13.4. The molecular weight excluding hydrogens is 416 g/mol. The van der Waals surface area contributed by atoms with Gasteiger partial charge in [-0.15, -0.1) is 0 Å². The van der Waals surface area contributed by atoms with Crippen molar-refractivity contribution in [2.75, 3.05) is 0 Å². The van der Waals surface area contributed by atoms with Crippen molar-refractivity contribution in [2.45, 2.75) is 45.8 Å². The lowest BCUT2D eigenvalue weighted by atomic mass is 9.95. The van der Waals surface area contributed by atoms with Crippen LogP contribution in [-0.2, 0) is 17.8 Å². The molecule has 3 aromatic rings. The Morgan fingerprint density at radius 3 is 2.45 bits per heavy atom. The lowest BCUT2D eigenvalue weighted by Crippen LogP contribution is -2.30. The largest absolute Gasteiger partial charge is 0.481 e. The van der Waals surface area contributed by atoms with Crippen LogP contribution < -0.4 is 10.1 Å². The van der Waals surface area contributed by atoms with E-state index in [1.165, 1.54) is 0 Å². The van der Waals surface area contributed by atoms with Crippen LogP contribution in [0, 0.1) is 5.92 Å². The Morgan fingerprint density at radius 2 is 1.79 bits per heavy atom. The molecule has 0 fully saturated rings. The monoisotopic (exact) mass is 446 g/mol. The van der Waals surface area contributed by atoms with E-state index in [-0.39, 0.29) is 31.4 Å². The highest BCUT2D eigenvalue weighted by atomic mass is 16.5. The minimum atomic E-state index is -0.897. The molecule has 2 aromatic carbocycles. The molecule has 0 aliphatic carbocycles. The van der Waals surface area contributed by atoms with Gasteiger partial charge in [-0.25, -0.2) is 4.98 Å². The highest BCUT2D eigenvalue weighted by Crippen LogP contribution is 2.23. The van der Waals surface area contributed by atoms with Crippen LogP contribution in [0.15, 0.2) is 72.9 Å². The van der Waals surface area contributed by atoms with Crippen molar-refractivity contribution >= 4 is 11.9 Å². The van der Waals surface area contributed by atoms with Gasteiger partial charge in [-0.05, 0) is 47.6 Å². The van der Waals surface area contributed by atoms with Gasteiger partial charge in [0, 0.05) is 24.2 Å². The predicted octanol–water partition coefficient (Wildman–Crippen LogP) is 5.20. The number of carboxylic acids is 1. The summed E-state index contributed by atoms with van der Waals surface area (Å²) < 4.78 is 5.73. The Hall–Kier alpha value is -3.67. The summed E-state index contributed by atoms with van der Waals surface area (Å²) in [5, 5.41) is 12.3. The Labute approximate surface area is 194 Å². The number of rotatable bonds is 11. The predicted molar refractivity (Wildman–Crippen MR) is 127 cm³/mol. The molecule has 1 atom stereocenters.